The Morgan fingerprint density at radius 2 is 2.22 bits per heavy atom. The van der Waals surface area contributed by atoms with Crippen LogP contribution in [0.5, 0.6) is 0 Å². The van der Waals surface area contributed by atoms with Crippen LogP contribution in [0.3, 0.4) is 0 Å². The number of nitrogens with one attached hydrogen (secondary N) is 1. The zero-order valence-electron chi connectivity index (χ0n) is 9.34. The van der Waals surface area contributed by atoms with Crippen molar-refractivity contribution in [1.82, 2.24) is 9.97 Å². The van der Waals surface area contributed by atoms with Crippen molar-refractivity contribution < 1.29 is 22.7 Å². The summed E-state index contributed by atoms with van der Waals surface area (Å²) in [5, 5.41) is -0.261. The average molecular weight is 258 g/mol. The molecule has 18 heavy (non-hydrogen) atoms. The van der Waals surface area contributed by atoms with Crippen LogP contribution in [0.1, 0.15) is 22.8 Å². The van der Waals surface area contributed by atoms with Crippen molar-refractivity contribution >= 4 is 17.0 Å². The van der Waals surface area contributed by atoms with Gasteiger partial charge in [0.25, 0.3) is 0 Å². The molecular weight excluding hydrogens is 249 g/mol. The van der Waals surface area contributed by atoms with E-state index in [0.29, 0.717) is 0 Å². The number of esters is 1. The van der Waals surface area contributed by atoms with Gasteiger partial charge in [0.1, 0.15) is 5.65 Å². The molecule has 7 heteroatoms. The van der Waals surface area contributed by atoms with Crippen LogP contribution in [0.25, 0.3) is 11.0 Å². The maximum absolute atomic E-state index is 12.8. The summed E-state index contributed by atoms with van der Waals surface area (Å²) in [7, 11) is 0. The minimum Gasteiger partial charge on any atom is -0.462 e. The molecular formula is C11H9F3N2O2. The number of halogens is 3. The Labute approximate surface area is 99.8 Å². The van der Waals surface area contributed by atoms with Gasteiger partial charge in [-0.15, -0.1) is 0 Å². The summed E-state index contributed by atoms with van der Waals surface area (Å²) in [6, 6.07) is 0.832. The minimum absolute atomic E-state index is 0.00729. The Bertz CT molecular complexity index is 589. The van der Waals surface area contributed by atoms with Crippen molar-refractivity contribution in [2.24, 2.45) is 0 Å². The molecule has 0 amide bonds. The van der Waals surface area contributed by atoms with Gasteiger partial charge in [0, 0.05) is 17.8 Å². The van der Waals surface area contributed by atoms with Crippen LogP contribution in [0, 0.1) is 0 Å². The normalized spacial score (nSPS) is 11.8. The average Bonchev–Trinajstić information content (AvgIpc) is 2.71. The lowest BCUT2D eigenvalue weighted by Gasteiger charge is -2.08. The van der Waals surface area contributed by atoms with Gasteiger partial charge in [-0.2, -0.15) is 13.2 Å². The largest absolute Gasteiger partial charge is 0.462 e. The fraction of sp³-hybridized carbons (Fsp3) is 0.273. The SMILES string of the molecule is CCOC(=O)c1c[nH]c2nccc(C(F)(F)F)c12. The summed E-state index contributed by atoms with van der Waals surface area (Å²) in [6.45, 7) is 1.67. The Morgan fingerprint density at radius 3 is 2.83 bits per heavy atom. The summed E-state index contributed by atoms with van der Waals surface area (Å²) in [5.74, 6) is -0.803. The molecule has 0 radical (unpaired) electrons. The molecule has 0 saturated carbocycles. The molecule has 1 N–H and O–H groups in total. The molecule has 0 aromatic carbocycles. The first kappa shape index (κ1) is 12.4. The van der Waals surface area contributed by atoms with Crippen molar-refractivity contribution in [1.29, 1.82) is 0 Å². The van der Waals surface area contributed by atoms with Gasteiger partial charge in [0.2, 0.25) is 0 Å². The standard InChI is InChI=1S/C11H9F3N2O2/c1-2-18-10(17)6-5-16-9-8(6)7(3-4-15-9)11(12,13)14/h3-5H,2H2,1H3,(H,15,16). The number of aromatic amines is 1. The molecule has 0 atom stereocenters. The highest BCUT2D eigenvalue weighted by Gasteiger charge is 2.35. The van der Waals surface area contributed by atoms with E-state index >= 15 is 0 Å². The maximum Gasteiger partial charge on any atom is 0.417 e. The molecule has 0 unspecified atom stereocenters. The molecule has 0 aliphatic rings. The number of carbonyl (C=O) groups excluding carboxylic acids is 1. The van der Waals surface area contributed by atoms with Crippen molar-refractivity contribution in [3.8, 4) is 0 Å². The van der Waals surface area contributed by atoms with Crippen molar-refractivity contribution in [3.05, 3.63) is 29.6 Å². The lowest BCUT2D eigenvalue weighted by molar-refractivity contribution is -0.136. The monoisotopic (exact) mass is 258 g/mol. The maximum atomic E-state index is 12.8. The van der Waals surface area contributed by atoms with Crippen molar-refractivity contribution in [3.63, 3.8) is 0 Å². The van der Waals surface area contributed by atoms with Gasteiger partial charge in [-0.3, -0.25) is 0 Å². The second kappa shape index (κ2) is 4.32. The lowest BCUT2D eigenvalue weighted by Crippen LogP contribution is -2.09. The number of H-pyrrole nitrogens is 1. The summed E-state index contributed by atoms with van der Waals surface area (Å²) < 4.78 is 43.2. The molecule has 0 bridgehead atoms. The summed E-state index contributed by atoms with van der Waals surface area (Å²) in [4.78, 5) is 17.8. The van der Waals surface area contributed by atoms with E-state index < -0.39 is 17.7 Å². The van der Waals surface area contributed by atoms with Crippen LogP contribution in [0.15, 0.2) is 18.5 Å². The minimum atomic E-state index is -4.55. The van der Waals surface area contributed by atoms with Gasteiger partial charge in [0.15, 0.2) is 0 Å². The molecule has 0 saturated heterocycles. The Morgan fingerprint density at radius 1 is 1.50 bits per heavy atom. The third-order valence-corrected chi connectivity index (χ3v) is 2.37. The van der Waals surface area contributed by atoms with Gasteiger partial charge in [-0.25, -0.2) is 9.78 Å². The van der Waals surface area contributed by atoms with E-state index in [1.54, 1.807) is 6.92 Å². The number of alkyl halides is 3. The molecule has 2 aromatic rings. The molecule has 96 valence electrons. The van der Waals surface area contributed by atoms with E-state index in [0.717, 1.165) is 12.3 Å². The summed E-state index contributed by atoms with van der Waals surface area (Å²) >= 11 is 0. The first-order valence-electron chi connectivity index (χ1n) is 5.15. The number of hydrogen-bond acceptors (Lipinski definition) is 3. The van der Waals surface area contributed by atoms with Crippen LogP contribution < -0.4 is 0 Å². The molecule has 0 aliphatic carbocycles. The zero-order chi connectivity index (χ0) is 13.3. The number of fused-ring (bicyclic) bond motifs is 1. The molecule has 0 fully saturated rings. The Balaban J connectivity index is 2.66. The Kier molecular flexibility index (Phi) is 2.98. The van der Waals surface area contributed by atoms with Gasteiger partial charge in [0.05, 0.1) is 17.7 Å². The van der Waals surface area contributed by atoms with Gasteiger partial charge < -0.3 is 9.72 Å². The van der Waals surface area contributed by atoms with Crippen LogP contribution >= 0.6 is 0 Å². The van der Waals surface area contributed by atoms with E-state index in [4.69, 9.17) is 4.74 Å². The summed E-state index contributed by atoms with van der Waals surface area (Å²) in [6.07, 6.45) is -2.34. The molecule has 2 heterocycles. The van der Waals surface area contributed by atoms with E-state index in [1.165, 1.54) is 6.20 Å². The summed E-state index contributed by atoms with van der Waals surface area (Å²) in [5.41, 5.74) is -1.06. The highest BCUT2D eigenvalue weighted by Crippen LogP contribution is 2.35. The van der Waals surface area contributed by atoms with E-state index in [9.17, 15) is 18.0 Å². The number of pyridine rings is 1. The van der Waals surface area contributed by atoms with Crippen LogP contribution in [-0.2, 0) is 10.9 Å². The van der Waals surface area contributed by atoms with Crippen LogP contribution in [0.2, 0.25) is 0 Å². The van der Waals surface area contributed by atoms with E-state index in [1.807, 2.05) is 0 Å². The number of nitrogens with zero attached hydrogens (tertiary/aromatic N) is 1. The zero-order valence-corrected chi connectivity index (χ0v) is 9.34. The fourth-order valence-electron chi connectivity index (χ4n) is 1.66. The molecule has 4 nitrogen and oxygen atoms in total. The molecule has 2 rings (SSSR count). The Hall–Kier alpha value is -2.05. The second-order valence-electron chi connectivity index (χ2n) is 3.50. The number of aromatic nitrogens is 2. The molecule has 2 aromatic heterocycles. The van der Waals surface area contributed by atoms with Gasteiger partial charge >= 0.3 is 12.1 Å². The highest BCUT2D eigenvalue weighted by molar-refractivity contribution is 6.04. The first-order chi connectivity index (χ1) is 8.45. The first-order valence-corrected chi connectivity index (χ1v) is 5.15. The van der Waals surface area contributed by atoms with Crippen molar-refractivity contribution in [2.45, 2.75) is 13.1 Å². The second-order valence-corrected chi connectivity index (χ2v) is 3.50. The van der Waals surface area contributed by atoms with Crippen molar-refractivity contribution in [2.75, 3.05) is 6.61 Å². The number of rotatable bonds is 2. The molecule has 0 spiro atoms. The predicted octanol–water partition coefficient (Wildman–Crippen LogP) is 2.76. The quantitative estimate of drug-likeness (QED) is 0.842. The smallest absolute Gasteiger partial charge is 0.417 e. The highest BCUT2D eigenvalue weighted by atomic mass is 19.4. The van der Waals surface area contributed by atoms with Crippen LogP contribution in [-0.4, -0.2) is 22.5 Å². The van der Waals surface area contributed by atoms with Gasteiger partial charge in [-0.1, -0.05) is 0 Å². The third kappa shape index (κ3) is 2.03. The van der Waals surface area contributed by atoms with Gasteiger partial charge in [-0.05, 0) is 13.0 Å². The fourth-order valence-corrected chi connectivity index (χ4v) is 1.66. The van der Waals surface area contributed by atoms with E-state index in [2.05, 4.69) is 9.97 Å². The predicted molar refractivity (Wildman–Crippen MR) is 57.1 cm³/mol. The lowest BCUT2D eigenvalue weighted by atomic mass is 10.1. The number of hydrogen-bond donors (Lipinski definition) is 1. The number of ether oxygens (including phenoxy) is 1. The third-order valence-electron chi connectivity index (χ3n) is 2.37. The number of carbonyl (C=O) groups is 1. The van der Waals surface area contributed by atoms with E-state index in [-0.39, 0.29) is 23.2 Å². The molecule has 0 aliphatic heterocycles. The van der Waals surface area contributed by atoms with Crippen LogP contribution in [0.4, 0.5) is 13.2 Å². The topological polar surface area (TPSA) is 55.0 Å².